The number of sulfone groups is 1. The van der Waals surface area contributed by atoms with E-state index in [1.807, 2.05) is 13.8 Å². The van der Waals surface area contributed by atoms with Crippen LogP contribution in [0.4, 0.5) is 0 Å². The van der Waals surface area contributed by atoms with Gasteiger partial charge in [0.15, 0.2) is 14.7 Å². The molecular weight excluding hydrogens is 380 g/mol. The third-order valence-electron chi connectivity index (χ3n) is 4.52. The van der Waals surface area contributed by atoms with Gasteiger partial charge in [0.2, 0.25) is 0 Å². The van der Waals surface area contributed by atoms with Crippen LogP contribution in [-0.4, -0.2) is 8.42 Å². The van der Waals surface area contributed by atoms with Crippen LogP contribution in [-0.2, 0) is 15.6 Å². The minimum Gasteiger partial charge on any atom is -0.423 e. The predicted molar refractivity (Wildman–Crippen MR) is 105 cm³/mol. The molecule has 142 valence electrons. The van der Waals surface area contributed by atoms with E-state index in [1.165, 1.54) is 6.07 Å². The molecule has 0 aliphatic carbocycles. The van der Waals surface area contributed by atoms with Gasteiger partial charge in [-0.2, -0.15) is 0 Å². The highest BCUT2D eigenvalue weighted by molar-refractivity contribution is 7.90. The van der Waals surface area contributed by atoms with Gasteiger partial charge in [0.25, 0.3) is 0 Å². The number of benzene rings is 2. The van der Waals surface area contributed by atoms with Crippen molar-refractivity contribution in [3.63, 3.8) is 0 Å². The molecule has 0 bridgehead atoms. The van der Waals surface area contributed by atoms with Crippen molar-refractivity contribution >= 4 is 31.8 Å². The van der Waals surface area contributed by atoms with Gasteiger partial charge in [0.05, 0.1) is 5.75 Å². The van der Waals surface area contributed by atoms with E-state index in [0.717, 1.165) is 17.2 Å². The number of aryl methyl sites for hydroxylation is 2. The maximum atomic E-state index is 13.0. The molecule has 0 spiro atoms. The molecule has 4 aromatic rings. The minimum absolute atomic E-state index is 0.273. The topological polar surface area (TPSA) is 94.6 Å². The van der Waals surface area contributed by atoms with Crippen molar-refractivity contribution in [2.45, 2.75) is 24.5 Å². The van der Waals surface area contributed by atoms with E-state index in [1.54, 1.807) is 36.4 Å². The maximum Gasteiger partial charge on any atom is 0.355 e. The first-order valence-electron chi connectivity index (χ1n) is 8.54. The average Bonchev–Trinajstić information content (AvgIpc) is 2.60. The molecule has 0 atom stereocenters. The summed E-state index contributed by atoms with van der Waals surface area (Å²) in [4.78, 5) is 23.7. The summed E-state index contributed by atoms with van der Waals surface area (Å²) in [5.41, 5.74) is 1.10. The molecule has 0 N–H and O–H groups in total. The average molecular weight is 396 g/mol. The highest BCUT2D eigenvalue weighted by Gasteiger charge is 2.23. The summed E-state index contributed by atoms with van der Waals surface area (Å²) < 4.78 is 36.3. The van der Waals surface area contributed by atoms with Gasteiger partial charge >= 0.3 is 11.3 Å². The lowest BCUT2D eigenvalue weighted by atomic mass is 10.1. The Balaban J connectivity index is 1.88. The van der Waals surface area contributed by atoms with Crippen molar-refractivity contribution in [1.82, 2.24) is 0 Å². The molecule has 4 rings (SSSR count). The van der Waals surface area contributed by atoms with E-state index in [2.05, 4.69) is 0 Å². The first-order valence-corrected chi connectivity index (χ1v) is 10.2. The molecule has 0 saturated carbocycles. The zero-order chi connectivity index (χ0) is 20.1. The predicted octanol–water partition coefficient (Wildman–Crippen LogP) is 3.49. The standard InChI is InChI=1S/C21H16O6S/c1-12-4-6-17-14(7-12)9-19(21(23)27-17)28(24,25)11-15-10-20(22)26-18-8-13(2)3-5-16(15)18/h3-10H,11H2,1-2H3. The SMILES string of the molecule is Cc1ccc2oc(=O)c(S(=O)(=O)Cc3cc(=O)oc4cc(C)ccc34)cc2c1. The second-order valence-electron chi connectivity index (χ2n) is 6.79. The van der Waals surface area contributed by atoms with Crippen LogP contribution in [0.3, 0.4) is 0 Å². The van der Waals surface area contributed by atoms with Crippen LogP contribution in [0.15, 0.2) is 71.8 Å². The van der Waals surface area contributed by atoms with Crippen LogP contribution in [0.5, 0.6) is 0 Å². The van der Waals surface area contributed by atoms with E-state index < -0.39 is 31.7 Å². The van der Waals surface area contributed by atoms with Gasteiger partial charge < -0.3 is 8.83 Å². The van der Waals surface area contributed by atoms with Crippen LogP contribution in [0.25, 0.3) is 21.9 Å². The molecule has 28 heavy (non-hydrogen) atoms. The van der Waals surface area contributed by atoms with Crippen molar-refractivity contribution in [3.8, 4) is 0 Å². The van der Waals surface area contributed by atoms with Gasteiger partial charge in [-0.15, -0.1) is 0 Å². The zero-order valence-corrected chi connectivity index (χ0v) is 16.0. The Morgan fingerprint density at radius 2 is 1.54 bits per heavy atom. The summed E-state index contributed by atoms with van der Waals surface area (Å²) >= 11 is 0. The van der Waals surface area contributed by atoms with E-state index in [9.17, 15) is 18.0 Å². The van der Waals surface area contributed by atoms with Crippen molar-refractivity contribution in [3.05, 3.63) is 86.1 Å². The van der Waals surface area contributed by atoms with Crippen molar-refractivity contribution in [1.29, 1.82) is 0 Å². The fourth-order valence-corrected chi connectivity index (χ4v) is 4.59. The van der Waals surface area contributed by atoms with Crippen LogP contribution >= 0.6 is 0 Å². The molecule has 0 radical (unpaired) electrons. The normalized spacial score (nSPS) is 11.9. The number of hydrogen-bond acceptors (Lipinski definition) is 6. The number of rotatable bonds is 3. The zero-order valence-electron chi connectivity index (χ0n) is 15.2. The molecular formula is C21H16O6S. The van der Waals surface area contributed by atoms with Gasteiger partial charge in [-0.25, -0.2) is 18.0 Å². The molecule has 0 saturated heterocycles. The summed E-state index contributed by atoms with van der Waals surface area (Å²) in [6.07, 6.45) is 0. The molecule has 2 heterocycles. The summed E-state index contributed by atoms with van der Waals surface area (Å²) in [5, 5.41) is 1.03. The summed E-state index contributed by atoms with van der Waals surface area (Å²) in [5.74, 6) is -0.514. The molecule has 0 amide bonds. The fourth-order valence-electron chi connectivity index (χ4n) is 3.18. The van der Waals surface area contributed by atoms with Gasteiger partial charge in [-0.3, -0.25) is 0 Å². The maximum absolute atomic E-state index is 13.0. The molecule has 0 aliphatic rings. The summed E-state index contributed by atoms with van der Waals surface area (Å²) in [6.45, 7) is 3.70. The van der Waals surface area contributed by atoms with Gasteiger partial charge in [0.1, 0.15) is 11.2 Å². The lowest BCUT2D eigenvalue weighted by Crippen LogP contribution is -2.16. The van der Waals surface area contributed by atoms with E-state index in [0.29, 0.717) is 21.9 Å². The second-order valence-corrected chi connectivity index (χ2v) is 8.75. The first-order chi connectivity index (χ1) is 13.2. The van der Waals surface area contributed by atoms with Gasteiger partial charge in [-0.1, -0.05) is 23.8 Å². The Morgan fingerprint density at radius 3 is 2.32 bits per heavy atom. The van der Waals surface area contributed by atoms with Crippen molar-refractivity contribution in [2.75, 3.05) is 0 Å². The molecule has 0 aliphatic heterocycles. The third-order valence-corrected chi connectivity index (χ3v) is 6.17. The Bertz CT molecular complexity index is 1460. The largest absolute Gasteiger partial charge is 0.423 e. The minimum atomic E-state index is -4.05. The second kappa shape index (κ2) is 6.45. The highest BCUT2D eigenvalue weighted by atomic mass is 32.2. The lowest BCUT2D eigenvalue weighted by molar-refractivity contribution is 0.532. The summed E-state index contributed by atoms with van der Waals surface area (Å²) in [6, 6.07) is 12.8. The highest BCUT2D eigenvalue weighted by Crippen LogP contribution is 2.24. The number of fused-ring (bicyclic) bond motifs is 2. The number of hydrogen-bond donors (Lipinski definition) is 0. The monoisotopic (exact) mass is 396 g/mol. The lowest BCUT2D eigenvalue weighted by Gasteiger charge is -2.08. The Hall–Kier alpha value is -3.19. The Labute approximate surface area is 160 Å². The molecule has 2 aromatic carbocycles. The van der Waals surface area contributed by atoms with Gasteiger partial charge in [-0.05, 0) is 49.2 Å². The van der Waals surface area contributed by atoms with Crippen molar-refractivity contribution in [2.24, 2.45) is 0 Å². The molecule has 0 fully saturated rings. The molecule has 0 unspecified atom stereocenters. The van der Waals surface area contributed by atoms with Crippen LogP contribution in [0, 0.1) is 13.8 Å². The van der Waals surface area contributed by atoms with Crippen LogP contribution < -0.4 is 11.3 Å². The molecule has 2 aromatic heterocycles. The van der Waals surface area contributed by atoms with E-state index in [-0.39, 0.29) is 5.56 Å². The smallest absolute Gasteiger partial charge is 0.355 e. The fraction of sp³-hybridized carbons (Fsp3) is 0.143. The van der Waals surface area contributed by atoms with Crippen molar-refractivity contribution < 1.29 is 17.3 Å². The third kappa shape index (κ3) is 3.25. The molecule has 6 nitrogen and oxygen atoms in total. The molecule has 7 heteroatoms. The van der Waals surface area contributed by atoms with Crippen LogP contribution in [0.2, 0.25) is 0 Å². The Kier molecular flexibility index (Phi) is 4.19. The Morgan fingerprint density at radius 1 is 0.821 bits per heavy atom. The first kappa shape index (κ1) is 18.2. The quantitative estimate of drug-likeness (QED) is 0.492. The van der Waals surface area contributed by atoms with Crippen LogP contribution in [0.1, 0.15) is 16.7 Å². The van der Waals surface area contributed by atoms with E-state index >= 15 is 0 Å². The van der Waals surface area contributed by atoms with E-state index in [4.69, 9.17) is 8.83 Å². The van der Waals surface area contributed by atoms with Gasteiger partial charge in [0, 0.05) is 16.8 Å². The summed E-state index contributed by atoms with van der Waals surface area (Å²) in [7, 11) is -4.05.